The lowest BCUT2D eigenvalue weighted by atomic mass is 10.1. The van der Waals surface area contributed by atoms with Crippen molar-refractivity contribution in [2.75, 3.05) is 46.6 Å². The van der Waals surface area contributed by atoms with Gasteiger partial charge in [-0.3, -0.25) is 4.79 Å². The summed E-state index contributed by atoms with van der Waals surface area (Å²) in [5.41, 5.74) is 0.856. The minimum absolute atomic E-state index is 0. The molecule has 3 heterocycles. The van der Waals surface area contributed by atoms with Crippen LogP contribution in [0.2, 0.25) is 10.0 Å². The number of hydrogen-bond acceptors (Lipinski definition) is 13. The monoisotopic (exact) mass is 669 g/mol. The summed E-state index contributed by atoms with van der Waals surface area (Å²) < 4.78 is 0. The number of aromatic nitrogens is 3. The second-order valence-electron chi connectivity index (χ2n) is 9.45. The molecule has 2 saturated heterocycles. The molecule has 0 bridgehead atoms. The fraction of sp³-hybridized carbons (Fsp3) is 0.385. The van der Waals surface area contributed by atoms with E-state index in [1.54, 1.807) is 6.07 Å². The molecule has 0 saturated carbocycles. The van der Waals surface area contributed by atoms with Gasteiger partial charge in [-0.1, -0.05) is 23.2 Å². The van der Waals surface area contributed by atoms with Gasteiger partial charge in [0, 0.05) is 49.3 Å². The largest absolute Gasteiger partial charge is 0.507 e. The van der Waals surface area contributed by atoms with Crippen LogP contribution in [-0.2, 0) is 0 Å². The predicted octanol–water partition coefficient (Wildman–Crippen LogP) is 7.62. The van der Waals surface area contributed by atoms with Crippen LogP contribution in [0.15, 0.2) is 30.3 Å². The number of nitrogens with one attached hydrogen (secondary N) is 2. The van der Waals surface area contributed by atoms with Gasteiger partial charge < -0.3 is 55.2 Å². The number of hydrogen-bond donors (Lipinski definition) is 8. The van der Waals surface area contributed by atoms with Crippen molar-refractivity contribution in [2.24, 2.45) is 0 Å². The van der Waals surface area contributed by atoms with Gasteiger partial charge in [0.2, 0.25) is 17.8 Å². The number of nitrogens with zero attached hydrogens (tertiary/aromatic N) is 5. The van der Waals surface area contributed by atoms with Gasteiger partial charge in [-0.05, 0) is 62.8 Å². The number of phenolic OH excluding ortho intramolecular Hbond substituents is 2. The van der Waals surface area contributed by atoms with Gasteiger partial charge >= 0.3 is 0 Å². The maximum Gasteiger partial charge on any atom is 0.259 e. The fourth-order valence-electron chi connectivity index (χ4n) is 4.65. The van der Waals surface area contributed by atoms with Gasteiger partial charge in [-0.25, -0.2) is 0 Å². The number of rotatable bonds is 6. The van der Waals surface area contributed by atoms with Crippen molar-refractivity contribution in [3.63, 3.8) is 0 Å². The summed E-state index contributed by atoms with van der Waals surface area (Å²) >= 11 is 11.9. The molecule has 0 unspecified atom stereocenters. The normalized spacial score (nSPS) is 14.0. The maximum absolute atomic E-state index is 12.8. The van der Waals surface area contributed by atoms with E-state index < -0.39 is 5.91 Å². The van der Waals surface area contributed by atoms with E-state index in [0.717, 1.165) is 51.9 Å². The Balaban J connectivity index is -0.000000653. The van der Waals surface area contributed by atoms with E-state index in [0.29, 0.717) is 23.5 Å². The van der Waals surface area contributed by atoms with Crippen LogP contribution in [0, 0.1) is 0 Å². The van der Waals surface area contributed by atoms with Crippen LogP contribution in [-0.4, -0.2) is 57.3 Å². The highest BCUT2D eigenvalue weighted by Gasteiger charge is 2.21. The standard InChI is InChI=1S/C26H29Cl2N7O3.ClH.4H3N.4H2/c27-19-13-17(14-20(28)22(19)37)29-23(38)18-8-7-16(15-21(18)36)30-24-31-25(34-9-3-1-4-10-34)33-26(32-24)35-11-5-2-6-12-35;;;;;;;;;/h7-8,13-15,36-37H,1-6,9-12H2,(H,29,38)(H,30,31,32,33);1H;4*1H3;4*1H. The number of amides is 1. The molecular formula is C26H50Cl3N11O3. The molecule has 2 fully saturated rings. The average Bonchev–Trinajstić information content (AvgIpc) is 2.92. The van der Waals surface area contributed by atoms with E-state index in [1.165, 1.54) is 37.1 Å². The summed E-state index contributed by atoms with van der Waals surface area (Å²) in [6.07, 6.45) is 6.83. The molecule has 2 aliphatic heterocycles. The molecule has 1 amide bonds. The number of carbonyl (C=O) groups is 1. The molecule has 0 aliphatic carbocycles. The molecule has 14 nitrogen and oxygen atoms in total. The molecule has 2 aromatic carbocycles. The van der Waals surface area contributed by atoms with Crippen LogP contribution < -0.4 is 45.0 Å². The van der Waals surface area contributed by atoms with Crippen LogP contribution in [0.4, 0.5) is 29.2 Å². The first kappa shape index (κ1) is 39.6. The lowest BCUT2D eigenvalue weighted by molar-refractivity contribution is 0.102. The van der Waals surface area contributed by atoms with Gasteiger partial charge in [-0.15, -0.1) is 12.4 Å². The lowest BCUT2D eigenvalue weighted by Crippen LogP contribution is -2.34. The van der Waals surface area contributed by atoms with Gasteiger partial charge in [0.1, 0.15) is 5.75 Å². The minimum atomic E-state index is -0.563. The summed E-state index contributed by atoms with van der Waals surface area (Å²) in [5, 5.41) is 26.1. The second-order valence-corrected chi connectivity index (χ2v) is 10.3. The van der Waals surface area contributed by atoms with Gasteiger partial charge in [0.15, 0.2) is 5.75 Å². The van der Waals surface area contributed by atoms with Crippen molar-refractivity contribution < 1.29 is 20.7 Å². The van der Waals surface area contributed by atoms with Crippen LogP contribution in [0.5, 0.6) is 11.5 Å². The minimum Gasteiger partial charge on any atom is -0.507 e. The Morgan fingerprint density at radius 1 is 0.744 bits per heavy atom. The molecule has 5 rings (SSSR count). The van der Waals surface area contributed by atoms with Crippen molar-refractivity contribution >= 4 is 70.7 Å². The Morgan fingerprint density at radius 2 is 1.23 bits per heavy atom. The molecule has 248 valence electrons. The average molecular weight is 671 g/mol. The first-order chi connectivity index (χ1) is 18.4. The van der Waals surface area contributed by atoms with Crippen molar-refractivity contribution in [3.8, 4) is 11.5 Å². The molecular weight excluding hydrogens is 621 g/mol. The number of anilines is 5. The molecule has 0 spiro atoms. The van der Waals surface area contributed by atoms with Crippen LogP contribution in [0.1, 0.15) is 54.6 Å². The molecule has 2 aliphatic rings. The first-order valence-electron chi connectivity index (χ1n) is 12.7. The van der Waals surface area contributed by atoms with Gasteiger partial charge in [-0.2, -0.15) is 15.0 Å². The highest BCUT2D eigenvalue weighted by molar-refractivity contribution is 6.37. The molecule has 1 aromatic heterocycles. The van der Waals surface area contributed by atoms with Gasteiger partial charge in [0.25, 0.3) is 5.91 Å². The first-order valence-corrected chi connectivity index (χ1v) is 13.5. The third kappa shape index (κ3) is 9.56. The van der Waals surface area contributed by atoms with E-state index in [1.807, 2.05) is 0 Å². The summed E-state index contributed by atoms with van der Waals surface area (Å²) in [6.45, 7) is 3.63. The van der Waals surface area contributed by atoms with Crippen molar-refractivity contribution in [1.29, 1.82) is 0 Å². The summed E-state index contributed by atoms with van der Waals surface area (Å²) in [6, 6.07) is 7.34. The van der Waals surface area contributed by atoms with Crippen molar-refractivity contribution in [3.05, 3.63) is 45.9 Å². The second kappa shape index (κ2) is 17.7. The Kier molecular flexibility index (Phi) is 16.3. The Hall–Kier alpha value is -3.37. The van der Waals surface area contributed by atoms with E-state index >= 15 is 0 Å². The van der Waals surface area contributed by atoms with Crippen LogP contribution in [0.25, 0.3) is 0 Å². The predicted molar refractivity (Wildman–Crippen MR) is 185 cm³/mol. The number of carbonyl (C=O) groups excluding carboxylic acids is 1. The number of phenols is 2. The fourth-order valence-corrected chi connectivity index (χ4v) is 5.13. The zero-order valence-corrected chi connectivity index (χ0v) is 26.3. The molecule has 16 N–H and O–H groups in total. The Bertz CT molecular complexity index is 1300. The van der Waals surface area contributed by atoms with Crippen molar-refractivity contribution in [2.45, 2.75) is 38.5 Å². The molecule has 0 radical (unpaired) electrons. The summed E-state index contributed by atoms with van der Waals surface area (Å²) in [4.78, 5) is 31.3. The Labute approximate surface area is 273 Å². The van der Waals surface area contributed by atoms with Crippen LogP contribution >= 0.6 is 35.6 Å². The third-order valence-electron chi connectivity index (χ3n) is 6.66. The lowest BCUT2D eigenvalue weighted by Gasteiger charge is -2.30. The van der Waals surface area contributed by atoms with Crippen LogP contribution in [0.3, 0.4) is 0 Å². The van der Waals surface area contributed by atoms with E-state index in [9.17, 15) is 15.0 Å². The molecule has 17 heteroatoms. The zero-order valence-electron chi connectivity index (χ0n) is 24.0. The summed E-state index contributed by atoms with van der Waals surface area (Å²) in [5.74, 6) is 0.612. The van der Waals surface area contributed by atoms with E-state index in [4.69, 9.17) is 28.2 Å². The Morgan fingerprint density at radius 3 is 1.70 bits per heavy atom. The number of halogens is 3. The number of piperidine rings is 2. The van der Waals surface area contributed by atoms with Crippen molar-refractivity contribution in [1.82, 2.24) is 39.6 Å². The SMILES string of the molecule is Cl.N.N.N.N.O=C(Nc1cc(Cl)c(O)c(Cl)c1)c1ccc(Nc2nc(N3CCCCC3)nc(N3CCCCC3)n2)cc1O.[HH].[HH].[HH].[HH]. The molecule has 3 aromatic rings. The highest BCUT2D eigenvalue weighted by atomic mass is 35.5. The quantitative estimate of drug-likeness (QED) is 0.117. The maximum atomic E-state index is 12.8. The smallest absolute Gasteiger partial charge is 0.259 e. The van der Waals surface area contributed by atoms with E-state index in [2.05, 4.69) is 30.4 Å². The number of benzene rings is 2. The third-order valence-corrected chi connectivity index (χ3v) is 7.24. The summed E-state index contributed by atoms with van der Waals surface area (Å²) in [7, 11) is 0. The molecule has 0 atom stereocenters. The molecule has 43 heavy (non-hydrogen) atoms. The van der Waals surface area contributed by atoms with Gasteiger partial charge in [0.05, 0.1) is 15.6 Å². The zero-order chi connectivity index (χ0) is 26.6. The van der Waals surface area contributed by atoms with E-state index in [-0.39, 0.29) is 75.5 Å². The topological polar surface area (TPSA) is 267 Å². The number of aromatic hydroxyl groups is 2. The highest BCUT2D eigenvalue weighted by Crippen LogP contribution is 2.35.